The summed E-state index contributed by atoms with van der Waals surface area (Å²) in [4.78, 5) is 25.5. The minimum absolute atomic E-state index is 0.00199. The highest BCUT2D eigenvalue weighted by atomic mass is 16.5. The third-order valence-electron chi connectivity index (χ3n) is 6.69. The third-order valence-corrected chi connectivity index (χ3v) is 6.69. The normalized spacial score (nSPS) is 13.0. The molecule has 200 valence electrons. The van der Waals surface area contributed by atoms with Gasteiger partial charge < -0.3 is 30.5 Å². The number of hydrogen-bond acceptors (Lipinski definition) is 5. The second kappa shape index (κ2) is 13.7. The van der Waals surface area contributed by atoms with Crippen LogP contribution in [0, 0.1) is 0 Å². The van der Waals surface area contributed by atoms with Crippen molar-refractivity contribution in [1.82, 2.24) is 10.2 Å². The van der Waals surface area contributed by atoms with Crippen LogP contribution in [0.4, 0.5) is 4.79 Å². The molecule has 0 radical (unpaired) electrons. The Morgan fingerprint density at radius 3 is 2.05 bits per heavy atom. The van der Waals surface area contributed by atoms with Gasteiger partial charge in [0, 0.05) is 25.6 Å². The summed E-state index contributed by atoms with van der Waals surface area (Å²) < 4.78 is 11.1. The standard InChI is InChI=1S/C30H35N3O5/c31-28(20-22-8-2-1-3-9-22)29(34)32-14-16-37-18-19-38-17-15-33(30(35)36)21-27-25-12-6-4-10-23(25)24-11-5-7-13-26(24)27/h1-13,27-28H,14-21,31H2,(H,32,34)(H,35,36)/t28-/m0/s1. The zero-order valence-corrected chi connectivity index (χ0v) is 21.4. The van der Waals surface area contributed by atoms with E-state index >= 15 is 0 Å². The van der Waals surface area contributed by atoms with Gasteiger partial charge >= 0.3 is 6.09 Å². The van der Waals surface area contributed by atoms with Crippen LogP contribution in [0.3, 0.4) is 0 Å². The maximum Gasteiger partial charge on any atom is 0.407 e. The fraction of sp³-hybridized carbons (Fsp3) is 0.333. The highest BCUT2D eigenvalue weighted by molar-refractivity contribution is 5.81. The molecule has 0 aliphatic heterocycles. The molecular formula is C30H35N3O5. The van der Waals surface area contributed by atoms with Crippen molar-refractivity contribution in [1.29, 1.82) is 0 Å². The molecule has 0 fully saturated rings. The van der Waals surface area contributed by atoms with E-state index in [0.717, 1.165) is 16.7 Å². The van der Waals surface area contributed by atoms with E-state index < -0.39 is 12.1 Å². The van der Waals surface area contributed by atoms with Crippen LogP contribution in [-0.4, -0.2) is 74.1 Å². The number of amides is 2. The van der Waals surface area contributed by atoms with Crippen LogP contribution in [0.15, 0.2) is 78.9 Å². The molecule has 8 heteroatoms. The van der Waals surface area contributed by atoms with E-state index in [1.807, 2.05) is 54.6 Å². The molecule has 0 unspecified atom stereocenters. The van der Waals surface area contributed by atoms with Crippen molar-refractivity contribution in [2.24, 2.45) is 5.73 Å². The zero-order chi connectivity index (χ0) is 26.7. The molecule has 2 amide bonds. The molecule has 8 nitrogen and oxygen atoms in total. The van der Waals surface area contributed by atoms with Crippen molar-refractivity contribution < 1.29 is 24.2 Å². The predicted octanol–water partition coefficient (Wildman–Crippen LogP) is 3.50. The lowest BCUT2D eigenvalue weighted by Gasteiger charge is -2.24. The van der Waals surface area contributed by atoms with E-state index in [9.17, 15) is 14.7 Å². The second-order valence-corrected chi connectivity index (χ2v) is 9.27. The first-order chi connectivity index (χ1) is 18.5. The highest BCUT2D eigenvalue weighted by Crippen LogP contribution is 2.44. The van der Waals surface area contributed by atoms with Gasteiger partial charge in [-0.2, -0.15) is 0 Å². The summed E-state index contributed by atoms with van der Waals surface area (Å²) in [6, 6.07) is 25.4. The zero-order valence-electron chi connectivity index (χ0n) is 21.4. The maximum absolute atomic E-state index is 12.1. The van der Waals surface area contributed by atoms with E-state index in [4.69, 9.17) is 15.2 Å². The number of carbonyl (C=O) groups excluding carboxylic acids is 1. The molecule has 0 saturated heterocycles. The van der Waals surface area contributed by atoms with Crippen molar-refractivity contribution in [3.05, 3.63) is 95.6 Å². The Hall–Kier alpha value is -3.72. The Balaban J connectivity index is 1.12. The summed E-state index contributed by atoms with van der Waals surface area (Å²) >= 11 is 0. The van der Waals surface area contributed by atoms with Crippen molar-refractivity contribution in [3.8, 4) is 11.1 Å². The number of carboxylic acid groups (broad SMARTS) is 1. The Labute approximate surface area is 223 Å². The molecule has 0 aromatic heterocycles. The Bertz CT molecular complexity index is 1160. The summed E-state index contributed by atoms with van der Waals surface area (Å²) in [5.41, 5.74) is 11.6. The molecule has 0 heterocycles. The minimum Gasteiger partial charge on any atom is -0.465 e. The smallest absolute Gasteiger partial charge is 0.407 e. The topological polar surface area (TPSA) is 114 Å². The summed E-state index contributed by atoms with van der Waals surface area (Å²) in [5, 5.41) is 12.6. The Kier molecular flexibility index (Phi) is 9.86. The number of hydrogen-bond donors (Lipinski definition) is 3. The van der Waals surface area contributed by atoms with Gasteiger partial charge in [-0.05, 0) is 34.2 Å². The number of nitrogens with one attached hydrogen (secondary N) is 1. The van der Waals surface area contributed by atoms with E-state index in [2.05, 4.69) is 29.6 Å². The largest absolute Gasteiger partial charge is 0.465 e. The Morgan fingerprint density at radius 2 is 1.42 bits per heavy atom. The van der Waals surface area contributed by atoms with Gasteiger partial charge in [-0.3, -0.25) is 4.79 Å². The van der Waals surface area contributed by atoms with Crippen LogP contribution >= 0.6 is 0 Å². The van der Waals surface area contributed by atoms with Gasteiger partial charge in [-0.25, -0.2) is 4.79 Å². The van der Waals surface area contributed by atoms with Crippen LogP contribution in [-0.2, 0) is 20.7 Å². The average Bonchev–Trinajstić information content (AvgIpc) is 3.25. The number of benzene rings is 3. The molecular weight excluding hydrogens is 482 g/mol. The van der Waals surface area contributed by atoms with E-state index in [1.54, 1.807) is 0 Å². The average molecular weight is 518 g/mol. The van der Waals surface area contributed by atoms with Crippen LogP contribution in [0.1, 0.15) is 22.6 Å². The molecule has 0 saturated carbocycles. The van der Waals surface area contributed by atoms with Crippen LogP contribution < -0.4 is 11.1 Å². The number of nitrogens with two attached hydrogens (primary N) is 1. The molecule has 1 atom stereocenters. The van der Waals surface area contributed by atoms with Crippen molar-refractivity contribution in [3.63, 3.8) is 0 Å². The van der Waals surface area contributed by atoms with Crippen LogP contribution in [0.25, 0.3) is 11.1 Å². The second-order valence-electron chi connectivity index (χ2n) is 9.27. The number of nitrogens with zero attached hydrogens (tertiary/aromatic N) is 1. The van der Waals surface area contributed by atoms with Crippen molar-refractivity contribution in [2.75, 3.05) is 46.1 Å². The number of ether oxygens (including phenoxy) is 2. The quantitative estimate of drug-likeness (QED) is 0.282. The summed E-state index contributed by atoms with van der Waals surface area (Å²) in [6.07, 6.45) is -0.484. The number of fused-ring (bicyclic) bond motifs is 3. The highest BCUT2D eigenvalue weighted by Gasteiger charge is 2.30. The lowest BCUT2D eigenvalue weighted by Crippen LogP contribution is -2.43. The van der Waals surface area contributed by atoms with E-state index in [-0.39, 0.29) is 25.0 Å². The predicted molar refractivity (Wildman–Crippen MR) is 146 cm³/mol. The molecule has 1 aliphatic carbocycles. The van der Waals surface area contributed by atoms with Gasteiger partial charge in [-0.15, -0.1) is 0 Å². The minimum atomic E-state index is -0.965. The lowest BCUT2D eigenvalue weighted by molar-refractivity contribution is -0.122. The van der Waals surface area contributed by atoms with Gasteiger partial charge in [0.1, 0.15) is 0 Å². The number of rotatable bonds is 14. The molecule has 3 aromatic carbocycles. The molecule has 4 N–H and O–H groups in total. The first kappa shape index (κ1) is 27.3. The van der Waals surface area contributed by atoms with Gasteiger partial charge in [0.2, 0.25) is 5.91 Å². The molecule has 1 aliphatic rings. The first-order valence-electron chi connectivity index (χ1n) is 12.9. The van der Waals surface area contributed by atoms with E-state index in [1.165, 1.54) is 16.0 Å². The summed E-state index contributed by atoms with van der Waals surface area (Å²) in [7, 11) is 0. The SMILES string of the molecule is N[C@@H](Cc1ccccc1)C(=O)NCCOCCOCCN(CC1c2ccccc2-c2ccccc21)C(=O)O. The van der Waals surface area contributed by atoms with Gasteiger partial charge in [0.05, 0.1) is 32.5 Å². The fourth-order valence-electron chi connectivity index (χ4n) is 4.78. The van der Waals surface area contributed by atoms with Gasteiger partial charge in [0.15, 0.2) is 0 Å². The maximum atomic E-state index is 12.1. The first-order valence-corrected chi connectivity index (χ1v) is 12.9. The monoisotopic (exact) mass is 517 g/mol. The van der Waals surface area contributed by atoms with Crippen LogP contribution in [0.2, 0.25) is 0 Å². The fourth-order valence-corrected chi connectivity index (χ4v) is 4.78. The molecule has 4 rings (SSSR count). The van der Waals surface area contributed by atoms with Gasteiger partial charge in [-0.1, -0.05) is 78.9 Å². The summed E-state index contributed by atoms with van der Waals surface area (Å²) in [6.45, 7) is 2.30. The van der Waals surface area contributed by atoms with Gasteiger partial charge in [0.25, 0.3) is 0 Å². The Morgan fingerprint density at radius 1 is 0.842 bits per heavy atom. The molecule has 0 bridgehead atoms. The molecule has 3 aromatic rings. The lowest BCUT2D eigenvalue weighted by atomic mass is 9.96. The van der Waals surface area contributed by atoms with Crippen molar-refractivity contribution >= 4 is 12.0 Å². The molecule has 38 heavy (non-hydrogen) atoms. The van der Waals surface area contributed by atoms with Crippen molar-refractivity contribution in [2.45, 2.75) is 18.4 Å². The third kappa shape index (κ3) is 7.19. The number of carbonyl (C=O) groups is 2. The van der Waals surface area contributed by atoms with E-state index in [0.29, 0.717) is 39.3 Å². The van der Waals surface area contributed by atoms with Crippen LogP contribution in [0.5, 0.6) is 0 Å². The molecule has 0 spiro atoms. The summed E-state index contributed by atoms with van der Waals surface area (Å²) in [5.74, 6) is -0.215.